The minimum Gasteiger partial charge on any atom is -0.507 e. The number of hydrogen-bond acceptors (Lipinski definition) is 3. The van der Waals surface area contributed by atoms with Crippen molar-refractivity contribution >= 4 is 5.78 Å². The molecule has 3 nitrogen and oxygen atoms in total. The summed E-state index contributed by atoms with van der Waals surface area (Å²) in [6.45, 7) is 2.90. The van der Waals surface area contributed by atoms with Gasteiger partial charge in [0.05, 0.1) is 12.2 Å². The van der Waals surface area contributed by atoms with E-state index < -0.39 is 0 Å². The molecule has 0 bridgehead atoms. The summed E-state index contributed by atoms with van der Waals surface area (Å²) >= 11 is 0. The molecule has 0 spiro atoms. The van der Waals surface area contributed by atoms with Gasteiger partial charge in [-0.15, -0.1) is 0 Å². The van der Waals surface area contributed by atoms with Crippen LogP contribution in [0.15, 0.2) is 72.8 Å². The van der Waals surface area contributed by atoms with Crippen LogP contribution in [0.5, 0.6) is 11.5 Å². The Hall–Kier alpha value is -3.07. The highest BCUT2D eigenvalue weighted by atomic mass is 16.5. The predicted molar refractivity (Wildman–Crippen MR) is 159 cm³/mol. The van der Waals surface area contributed by atoms with Crippen LogP contribution < -0.4 is 4.74 Å². The molecule has 3 heteroatoms. The van der Waals surface area contributed by atoms with Gasteiger partial charge >= 0.3 is 0 Å². The molecule has 0 saturated carbocycles. The second kappa shape index (κ2) is 17.4. The van der Waals surface area contributed by atoms with Crippen LogP contribution in [-0.4, -0.2) is 17.5 Å². The Kier molecular flexibility index (Phi) is 13.5. The van der Waals surface area contributed by atoms with E-state index in [0.717, 1.165) is 17.5 Å². The zero-order chi connectivity index (χ0) is 26.8. The standard InChI is InChI=1S/C35H46O3/c1-2-3-4-5-6-7-8-9-10-11-12-13-14-18-27-38-32-25-26-33(34(36)28-32)35(37)31-23-21-30(22-24-31)29-19-16-15-17-20-29/h15-17,19-26,28,36H,2-14,18,27H2,1H3. The summed E-state index contributed by atoms with van der Waals surface area (Å²) in [6, 6.07) is 22.5. The van der Waals surface area contributed by atoms with Gasteiger partial charge in [-0.3, -0.25) is 4.79 Å². The van der Waals surface area contributed by atoms with Crippen molar-refractivity contribution in [1.29, 1.82) is 0 Å². The first-order valence-electron chi connectivity index (χ1n) is 14.8. The molecule has 0 saturated heterocycles. The number of unbranched alkanes of at least 4 members (excludes halogenated alkanes) is 13. The first-order chi connectivity index (χ1) is 18.7. The van der Waals surface area contributed by atoms with Gasteiger partial charge in [-0.2, -0.15) is 0 Å². The maximum absolute atomic E-state index is 12.9. The molecular weight excluding hydrogens is 468 g/mol. The lowest BCUT2D eigenvalue weighted by Crippen LogP contribution is -2.03. The summed E-state index contributed by atoms with van der Waals surface area (Å²) in [5.74, 6) is 0.370. The van der Waals surface area contributed by atoms with Gasteiger partial charge in [0.15, 0.2) is 5.78 Å². The number of benzene rings is 3. The fraction of sp³-hybridized carbons (Fsp3) is 0.457. The molecule has 3 aromatic carbocycles. The van der Waals surface area contributed by atoms with Crippen molar-refractivity contribution in [2.75, 3.05) is 6.61 Å². The largest absolute Gasteiger partial charge is 0.507 e. The zero-order valence-corrected chi connectivity index (χ0v) is 23.3. The average molecular weight is 515 g/mol. The molecule has 204 valence electrons. The van der Waals surface area contributed by atoms with Crippen molar-refractivity contribution in [2.24, 2.45) is 0 Å². The SMILES string of the molecule is CCCCCCCCCCCCCCCCOc1ccc(C(=O)c2ccc(-c3ccccc3)cc2)c(O)c1. The topological polar surface area (TPSA) is 46.5 Å². The normalized spacial score (nSPS) is 11.0. The molecule has 0 aromatic heterocycles. The number of rotatable bonds is 19. The number of hydrogen-bond donors (Lipinski definition) is 1. The van der Waals surface area contributed by atoms with Crippen molar-refractivity contribution in [2.45, 2.75) is 96.8 Å². The van der Waals surface area contributed by atoms with E-state index in [9.17, 15) is 9.90 Å². The molecule has 0 heterocycles. The third kappa shape index (κ3) is 10.4. The fourth-order valence-electron chi connectivity index (χ4n) is 4.88. The molecule has 0 aliphatic carbocycles. The molecule has 0 radical (unpaired) electrons. The van der Waals surface area contributed by atoms with E-state index in [4.69, 9.17) is 4.74 Å². The average Bonchev–Trinajstić information content (AvgIpc) is 2.95. The third-order valence-electron chi connectivity index (χ3n) is 7.23. The van der Waals surface area contributed by atoms with Crippen molar-refractivity contribution in [3.05, 3.63) is 83.9 Å². The Bertz CT molecular complexity index is 1060. The van der Waals surface area contributed by atoms with Gasteiger partial charge in [0, 0.05) is 11.6 Å². The second-order valence-corrected chi connectivity index (χ2v) is 10.4. The van der Waals surface area contributed by atoms with Crippen molar-refractivity contribution in [3.8, 4) is 22.6 Å². The van der Waals surface area contributed by atoms with Crippen LogP contribution in [0.1, 0.15) is 113 Å². The zero-order valence-electron chi connectivity index (χ0n) is 23.3. The van der Waals surface area contributed by atoms with E-state index in [1.54, 1.807) is 18.2 Å². The third-order valence-corrected chi connectivity index (χ3v) is 7.23. The number of ether oxygens (including phenoxy) is 1. The molecule has 1 N–H and O–H groups in total. The Morgan fingerprint density at radius 2 is 1.16 bits per heavy atom. The van der Waals surface area contributed by atoms with E-state index in [2.05, 4.69) is 6.92 Å². The summed E-state index contributed by atoms with van der Waals surface area (Å²) in [5, 5.41) is 10.5. The van der Waals surface area contributed by atoms with E-state index >= 15 is 0 Å². The first kappa shape index (κ1) is 29.5. The molecule has 0 amide bonds. The summed E-state index contributed by atoms with van der Waals surface area (Å²) in [6.07, 6.45) is 18.6. The lowest BCUT2D eigenvalue weighted by atomic mass is 9.99. The van der Waals surface area contributed by atoms with Gasteiger partial charge in [0.1, 0.15) is 11.5 Å². The van der Waals surface area contributed by atoms with E-state index in [1.165, 1.54) is 83.5 Å². The number of phenolic OH excluding ortho intramolecular Hbond substituents is 1. The van der Waals surface area contributed by atoms with Crippen LogP contribution in [0, 0.1) is 0 Å². The predicted octanol–water partition coefficient (Wildman–Crippen LogP) is 10.2. The Balaban J connectivity index is 1.28. The van der Waals surface area contributed by atoms with Gasteiger partial charge in [0.25, 0.3) is 0 Å². The highest BCUT2D eigenvalue weighted by molar-refractivity contribution is 6.10. The van der Waals surface area contributed by atoms with Crippen LogP contribution in [0.3, 0.4) is 0 Å². The maximum atomic E-state index is 12.9. The first-order valence-corrected chi connectivity index (χ1v) is 14.8. The summed E-state index contributed by atoms with van der Waals surface area (Å²) in [4.78, 5) is 12.9. The van der Waals surface area contributed by atoms with E-state index in [1.807, 2.05) is 54.6 Å². The number of phenols is 1. The molecule has 0 atom stereocenters. The van der Waals surface area contributed by atoms with E-state index in [-0.39, 0.29) is 11.5 Å². The maximum Gasteiger partial charge on any atom is 0.196 e. The van der Waals surface area contributed by atoms with Crippen molar-refractivity contribution in [1.82, 2.24) is 0 Å². The van der Waals surface area contributed by atoms with Gasteiger partial charge in [-0.1, -0.05) is 145 Å². The minimum atomic E-state index is -0.194. The molecular formula is C35H46O3. The molecule has 0 fully saturated rings. The van der Waals surface area contributed by atoms with Crippen molar-refractivity contribution in [3.63, 3.8) is 0 Å². The molecule has 0 aliphatic rings. The molecule has 0 unspecified atom stereocenters. The van der Waals surface area contributed by atoms with Gasteiger partial charge in [0.2, 0.25) is 0 Å². The van der Waals surface area contributed by atoms with Crippen LogP contribution >= 0.6 is 0 Å². The monoisotopic (exact) mass is 514 g/mol. The van der Waals surface area contributed by atoms with Crippen LogP contribution in [0.25, 0.3) is 11.1 Å². The summed E-state index contributed by atoms with van der Waals surface area (Å²) in [7, 11) is 0. The van der Waals surface area contributed by atoms with Crippen molar-refractivity contribution < 1.29 is 14.6 Å². The smallest absolute Gasteiger partial charge is 0.196 e. The van der Waals surface area contributed by atoms with Crippen LogP contribution in [-0.2, 0) is 0 Å². The van der Waals surface area contributed by atoms with Gasteiger partial charge in [-0.05, 0) is 29.7 Å². The van der Waals surface area contributed by atoms with Crippen LogP contribution in [0.2, 0.25) is 0 Å². The lowest BCUT2D eigenvalue weighted by molar-refractivity contribution is 0.103. The van der Waals surface area contributed by atoms with Crippen LogP contribution in [0.4, 0.5) is 0 Å². The highest BCUT2D eigenvalue weighted by Gasteiger charge is 2.14. The molecule has 38 heavy (non-hydrogen) atoms. The van der Waals surface area contributed by atoms with Gasteiger partial charge < -0.3 is 9.84 Å². The quantitative estimate of drug-likeness (QED) is 0.128. The minimum absolute atomic E-state index is 0.0411. The lowest BCUT2D eigenvalue weighted by Gasteiger charge is -2.10. The number of carbonyl (C=O) groups excluding carboxylic acids is 1. The highest BCUT2D eigenvalue weighted by Crippen LogP contribution is 2.27. The number of aromatic hydroxyl groups is 1. The molecule has 0 aliphatic heterocycles. The summed E-state index contributed by atoms with van der Waals surface area (Å²) in [5.41, 5.74) is 3.01. The van der Waals surface area contributed by atoms with E-state index in [0.29, 0.717) is 23.5 Å². The Morgan fingerprint density at radius 3 is 1.71 bits per heavy atom. The second-order valence-electron chi connectivity index (χ2n) is 10.4. The van der Waals surface area contributed by atoms with Gasteiger partial charge in [-0.25, -0.2) is 0 Å². The molecule has 3 aromatic rings. The molecule has 3 rings (SSSR count). The summed E-state index contributed by atoms with van der Waals surface area (Å²) < 4.78 is 5.83. The Morgan fingerprint density at radius 1 is 0.632 bits per heavy atom. The Labute approximate surface area is 230 Å². The number of carbonyl (C=O) groups is 1. The number of ketones is 1. The fourth-order valence-corrected chi connectivity index (χ4v) is 4.88.